The van der Waals surface area contributed by atoms with Crippen molar-refractivity contribution in [2.24, 2.45) is 10.9 Å². The first-order valence-electron chi connectivity index (χ1n) is 10.2. The Balaban J connectivity index is 1.95. The molecule has 0 spiro atoms. The number of benzene rings is 1. The van der Waals surface area contributed by atoms with E-state index >= 15 is 0 Å². The number of carbonyl (C=O) groups excluding carboxylic acids is 2. The average Bonchev–Trinajstić information content (AvgIpc) is 3.03. The standard InChI is InChI=1S/C20H28N4O5S2/c1-4-29-11-10-24-17-8-7-16(21-14(2)25)12-18(17)30-20(24)22-19(26)15-6-5-9-23(13-15)31(3,27)28/h7-8,12,15H,4-6,9-11,13H2,1-3H3,(H,21,25). The molecule has 31 heavy (non-hydrogen) atoms. The van der Waals surface area contributed by atoms with Gasteiger partial charge in [-0.3, -0.25) is 9.59 Å². The summed E-state index contributed by atoms with van der Waals surface area (Å²) in [6, 6.07) is 5.55. The van der Waals surface area contributed by atoms with Crippen LogP contribution < -0.4 is 10.1 Å². The second-order valence-electron chi connectivity index (χ2n) is 7.51. The number of ether oxygens (including phenoxy) is 1. The molecule has 1 saturated heterocycles. The molecule has 11 heteroatoms. The van der Waals surface area contributed by atoms with Crippen LogP contribution in [0.3, 0.4) is 0 Å². The van der Waals surface area contributed by atoms with E-state index in [9.17, 15) is 18.0 Å². The van der Waals surface area contributed by atoms with Gasteiger partial charge in [0.2, 0.25) is 15.9 Å². The summed E-state index contributed by atoms with van der Waals surface area (Å²) in [6.07, 6.45) is 2.41. The van der Waals surface area contributed by atoms with Gasteiger partial charge >= 0.3 is 0 Å². The molecule has 1 aromatic heterocycles. The molecular weight excluding hydrogens is 440 g/mol. The van der Waals surface area contributed by atoms with Crippen molar-refractivity contribution in [3.8, 4) is 0 Å². The van der Waals surface area contributed by atoms with Gasteiger partial charge in [-0.25, -0.2) is 12.7 Å². The maximum absolute atomic E-state index is 12.9. The van der Waals surface area contributed by atoms with E-state index in [1.165, 1.54) is 22.6 Å². The molecule has 0 saturated carbocycles. The highest BCUT2D eigenvalue weighted by molar-refractivity contribution is 7.88. The van der Waals surface area contributed by atoms with E-state index < -0.39 is 15.9 Å². The molecule has 2 aromatic rings. The number of hydrogen-bond acceptors (Lipinski definition) is 6. The van der Waals surface area contributed by atoms with E-state index in [4.69, 9.17) is 4.74 Å². The summed E-state index contributed by atoms with van der Waals surface area (Å²) in [4.78, 5) is 29.2. The molecule has 0 bridgehead atoms. The third-order valence-electron chi connectivity index (χ3n) is 5.07. The fourth-order valence-corrected chi connectivity index (χ4v) is 5.60. The van der Waals surface area contributed by atoms with Crippen LogP contribution in [-0.2, 0) is 30.9 Å². The van der Waals surface area contributed by atoms with E-state index in [0.29, 0.717) is 49.6 Å². The van der Waals surface area contributed by atoms with Gasteiger partial charge in [-0.15, -0.1) is 0 Å². The number of thiazole rings is 1. The van der Waals surface area contributed by atoms with Crippen LogP contribution in [0.15, 0.2) is 23.2 Å². The van der Waals surface area contributed by atoms with Crippen molar-refractivity contribution in [1.82, 2.24) is 8.87 Å². The predicted molar refractivity (Wildman–Crippen MR) is 120 cm³/mol. The minimum absolute atomic E-state index is 0.159. The number of nitrogens with one attached hydrogen (secondary N) is 1. The van der Waals surface area contributed by atoms with Crippen molar-refractivity contribution < 1.29 is 22.7 Å². The number of aromatic nitrogens is 1. The minimum atomic E-state index is -3.34. The van der Waals surface area contributed by atoms with E-state index in [1.807, 2.05) is 29.7 Å². The molecule has 1 atom stereocenters. The number of carbonyl (C=O) groups is 2. The molecule has 1 unspecified atom stereocenters. The number of rotatable bonds is 7. The average molecular weight is 469 g/mol. The lowest BCUT2D eigenvalue weighted by Crippen LogP contribution is -2.41. The van der Waals surface area contributed by atoms with Crippen LogP contribution in [0, 0.1) is 5.92 Å². The van der Waals surface area contributed by atoms with Crippen LogP contribution >= 0.6 is 11.3 Å². The summed E-state index contributed by atoms with van der Waals surface area (Å²) >= 11 is 1.36. The highest BCUT2D eigenvalue weighted by Crippen LogP contribution is 2.23. The first-order chi connectivity index (χ1) is 14.7. The van der Waals surface area contributed by atoms with Crippen molar-refractivity contribution >= 4 is 49.1 Å². The number of anilines is 1. The SMILES string of the molecule is CCOCCn1c(=NC(=O)C2CCCN(S(C)(=O)=O)C2)sc2cc(NC(C)=O)ccc21. The van der Waals surface area contributed by atoms with E-state index in [2.05, 4.69) is 10.3 Å². The Morgan fingerprint density at radius 1 is 1.35 bits per heavy atom. The van der Waals surface area contributed by atoms with Crippen molar-refractivity contribution in [2.75, 3.05) is 37.9 Å². The Labute approximate surface area is 185 Å². The number of hydrogen-bond donors (Lipinski definition) is 1. The van der Waals surface area contributed by atoms with Crippen LogP contribution in [0.2, 0.25) is 0 Å². The fraction of sp³-hybridized carbons (Fsp3) is 0.550. The molecule has 1 aliphatic rings. The van der Waals surface area contributed by atoms with Gasteiger partial charge in [0.05, 0.1) is 29.0 Å². The van der Waals surface area contributed by atoms with Gasteiger partial charge in [0.15, 0.2) is 4.80 Å². The van der Waals surface area contributed by atoms with Gasteiger partial charge in [-0.05, 0) is 38.0 Å². The Bertz CT molecular complexity index is 1140. The molecule has 9 nitrogen and oxygen atoms in total. The smallest absolute Gasteiger partial charge is 0.252 e. The minimum Gasteiger partial charge on any atom is -0.380 e. The summed E-state index contributed by atoms with van der Waals surface area (Å²) in [6.45, 7) is 5.56. The summed E-state index contributed by atoms with van der Waals surface area (Å²) in [5, 5.41) is 2.76. The van der Waals surface area contributed by atoms with E-state index in [-0.39, 0.29) is 18.4 Å². The highest BCUT2D eigenvalue weighted by atomic mass is 32.2. The van der Waals surface area contributed by atoms with Crippen molar-refractivity contribution in [2.45, 2.75) is 33.2 Å². The van der Waals surface area contributed by atoms with Crippen molar-refractivity contribution in [3.63, 3.8) is 0 Å². The lowest BCUT2D eigenvalue weighted by Gasteiger charge is -2.28. The number of amides is 2. The van der Waals surface area contributed by atoms with Crippen LogP contribution in [0.4, 0.5) is 5.69 Å². The van der Waals surface area contributed by atoms with E-state index in [1.54, 1.807) is 0 Å². The number of sulfonamides is 1. The molecule has 0 aliphatic carbocycles. The van der Waals surface area contributed by atoms with Crippen molar-refractivity contribution in [1.29, 1.82) is 0 Å². The van der Waals surface area contributed by atoms with Crippen LogP contribution in [0.5, 0.6) is 0 Å². The largest absolute Gasteiger partial charge is 0.380 e. The zero-order chi connectivity index (χ0) is 22.6. The molecular formula is C20H28N4O5S2. The van der Waals surface area contributed by atoms with E-state index in [0.717, 1.165) is 16.5 Å². The molecule has 1 aromatic carbocycles. The highest BCUT2D eigenvalue weighted by Gasteiger charge is 2.30. The summed E-state index contributed by atoms with van der Waals surface area (Å²) < 4.78 is 33.4. The lowest BCUT2D eigenvalue weighted by atomic mass is 9.99. The maximum Gasteiger partial charge on any atom is 0.252 e. The topological polar surface area (TPSA) is 110 Å². The van der Waals surface area contributed by atoms with Gasteiger partial charge in [0.25, 0.3) is 5.91 Å². The van der Waals surface area contributed by atoms with Crippen LogP contribution in [0.1, 0.15) is 26.7 Å². The van der Waals surface area contributed by atoms with Crippen LogP contribution in [0.25, 0.3) is 10.2 Å². The molecule has 0 radical (unpaired) electrons. The van der Waals surface area contributed by atoms with Crippen LogP contribution in [-0.4, -0.2) is 61.7 Å². The Hall–Kier alpha value is -2.08. The number of fused-ring (bicyclic) bond motifs is 1. The van der Waals surface area contributed by atoms with Gasteiger partial charge in [-0.1, -0.05) is 11.3 Å². The quantitative estimate of drug-likeness (QED) is 0.623. The normalized spacial score (nSPS) is 18.4. The maximum atomic E-state index is 12.9. The number of nitrogens with zero attached hydrogens (tertiary/aromatic N) is 3. The third kappa shape index (κ3) is 6.00. The predicted octanol–water partition coefficient (Wildman–Crippen LogP) is 1.80. The van der Waals surface area contributed by atoms with Gasteiger partial charge in [0.1, 0.15) is 0 Å². The van der Waals surface area contributed by atoms with Gasteiger partial charge in [0, 0.05) is 38.9 Å². The summed E-state index contributed by atoms with van der Waals surface area (Å²) in [5.74, 6) is -0.927. The Morgan fingerprint density at radius 2 is 2.13 bits per heavy atom. The molecule has 1 fully saturated rings. The summed E-state index contributed by atoms with van der Waals surface area (Å²) in [5.41, 5.74) is 1.57. The zero-order valence-electron chi connectivity index (χ0n) is 18.0. The fourth-order valence-electron chi connectivity index (χ4n) is 3.59. The first kappa shape index (κ1) is 23.6. The molecule has 2 amide bonds. The molecule has 170 valence electrons. The lowest BCUT2D eigenvalue weighted by molar-refractivity contribution is -0.122. The second kappa shape index (κ2) is 10.0. The Kier molecular flexibility index (Phi) is 7.63. The monoisotopic (exact) mass is 468 g/mol. The zero-order valence-corrected chi connectivity index (χ0v) is 19.6. The van der Waals surface area contributed by atoms with Gasteiger partial charge in [-0.2, -0.15) is 4.99 Å². The summed E-state index contributed by atoms with van der Waals surface area (Å²) in [7, 11) is -3.34. The first-order valence-corrected chi connectivity index (χ1v) is 12.9. The van der Waals surface area contributed by atoms with Gasteiger partial charge < -0.3 is 14.6 Å². The molecule has 3 rings (SSSR count). The third-order valence-corrected chi connectivity index (χ3v) is 7.39. The molecule has 2 heterocycles. The molecule has 1 aliphatic heterocycles. The van der Waals surface area contributed by atoms with Crippen molar-refractivity contribution in [3.05, 3.63) is 23.0 Å². The Morgan fingerprint density at radius 3 is 2.81 bits per heavy atom. The molecule has 1 N–H and O–H groups in total. The number of piperidine rings is 1. The second-order valence-corrected chi connectivity index (χ2v) is 10.5.